The van der Waals surface area contributed by atoms with Gasteiger partial charge in [0.25, 0.3) is 0 Å². The quantitative estimate of drug-likeness (QED) is 0.0417. The fraction of sp³-hybridized carbons (Fsp3) is 0.0609. The Bertz CT molecular complexity index is 8490. The molecule has 23 aromatic rings. The van der Waals surface area contributed by atoms with E-state index in [9.17, 15) is 9.59 Å². The predicted octanol–water partition coefficient (Wildman–Crippen LogP) is 27.5. The summed E-state index contributed by atoms with van der Waals surface area (Å²) in [5.41, 5.74) is 31.4. The second-order valence-electron chi connectivity index (χ2n) is 33.8. The third kappa shape index (κ3) is 18.7. The van der Waals surface area contributed by atoms with E-state index in [1.165, 1.54) is 6.92 Å². The topological polar surface area (TPSA) is 233 Å². The van der Waals surface area contributed by atoms with Crippen molar-refractivity contribution in [1.82, 2.24) is 59.8 Å². The number of nitrogens with two attached hydrogens (primary N) is 1. The molecule has 1 aliphatic rings. The highest BCUT2D eigenvalue weighted by molar-refractivity contribution is 9.10. The van der Waals surface area contributed by atoms with Gasteiger partial charge in [-0.05, 0) is 201 Å². The lowest BCUT2D eigenvalue weighted by molar-refractivity contribution is 0.00578. The standard InChI is InChI=1S/C41H25N5.C27H16BrN3.C20H21BN2O2.C20H14N2O.C7H6BrNO/c1-2-6-26(7-3-1)33-17-11-27-9-10-28-12-20-39(46-41(28)40(27)45-33)38-22-16-32-25-30(14-19-35(32)44-38)29-13-18-34-31(24-29)15-21-37(43-34)36-8-4-5-23-42-36;28-21-11-15-23-20(16-21)10-14-24(29-23)25-13-9-19-7-6-18-8-12-22(17-4-2-1-3-5-17)30-26(18)27(19)31-25;1-19(2)20(3,4)25-21(24-19)15-9-11-16-14(13-15)8-10-18(23-16)17-7-5-6-12-22-17;1-13(23)17-11-9-15-7-8-16-10-12-18(14-5-3-2-4-6-14)22-20(16)19(15)21-17;8-6-1-2-7(9)5(3-6)4-10/h1-25H;1-16H;5-13H,1-4H3;2-12H,1H3;1-4H,9H2. The number of nitrogens with zero attached hydrogens (tertiary/aromatic N) is 12. The number of anilines is 1. The summed E-state index contributed by atoms with van der Waals surface area (Å²) in [5, 5.41) is 10.6. The van der Waals surface area contributed by atoms with Gasteiger partial charge in [0.05, 0.1) is 129 Å². The number of carbonyl (C=O) groups is 2. The molecule has 1 fully saturated rings. The molecule has 0 spiro atoms. The molecule has 1 saturated heterocycles. The zero-order valence-electron chi connectivity index (χ0n) is 73.9. The van der Waals surface area contributed by atoms with E-state index >= 15 is 0 Å². The minimum Gasteiger partial charge on any atom is -0.399 e. The lowest BCUT2D eigenvalue weighted by Crippen LogP contribution is -2.41. The first-order valence-corrected chi connectivity index (χ1v) is 45.7. The smallest absolute Gasteiger partial charge is 0.399 e. The van der Waals surface area contributed by atoms with Gasteiger partial charge in [0.2, 0.25) is 0 Å². The zero-order chi connectivity index (χ0) is 92.3. The number of pyridine rings is 12. The molecule has 20 heteroatoms. The molecule has 0 bridgehead atoms. The Morgan fingerprint density at radius 3 is 0.970 bits per heavy atom. The predicted molar refractivity (Wildman–Crippen MR) is 555 cm³/mol. The molecule has 135 heavy (non-hydrogen) atoms. The van der Waals surface area contributed by atoms with Gasteiger partial charge in [-0.15, -0.1) is 0 Å². The maximum absolute atomic E-state index is 11.6. The summed E-state index contributed by atoms with van der Waals surface area (Å²) in [6, 6.07) is 126. The highest BCUT2D eigenvalue weighted by Crippen LogP contribution is 2.39. The van der Waals surface area contributed by atoms with E-state index in [1.54, 1.807) is 36.7 Å². The number of fused-ring (bicyclic) bond motifs is 13. The van der Waals surface area contributed by atoms with Crippen LogP contribution in [-0.4, -0.2) is 90.2 Å². The van der Waals surface area contributed by atoms with Crippen molar-refractivity contribution in [3.8, 4) is 90.5 Å². The van der Waals surface area contributed by atoms with Crippen LogP contribution >= 0.6 is 31.9 Å². The maximum atomic E-state index is 11.6. The Balaban J connectivity index is 0.000000111. The van der Waals surface area contributed by atoms with Crippen LogP contribution in [-0.2, 0) is 9.31 Å². The molecule has 13 heterocycles. The molecule has 0 aliphatic carbocycles. The number of aldehydes is 1. The van der Waals surface area contributed by atoms with Crippen LogP contribution in [0.25, 0.3) is 199 Å². The first-order chi connectivity index (χ1) is 65.8. The largest absolute Gasteiger partial charge is 0.494 e. The number of benzene rings is 11. The molecule has 24 rings (SSSR count). The molecule has 0 unspecified atom stereocenters. The SMILES string of the molecule is Brc1ccc2nc(-c3ccc4ccc5ccc(-c6ccccc6)nc5c4n3)ccc2c1.CC(=O)c1ccc2ccc3ccc(-c4ccccc4)nc3c2n1.CC1(C)OB(c2ccc3nc(-c4ccccn4)ccc3c2)OC1(C)C.Nc1ccc(Br)cc1C=O.c1ccc(-c2ccc3ccc4ccc(-c5ccc6cc(-c7ccc8nc(-c9ccccn9)ccc8c7)ccc6n5)nc4c3n2)cc1. The minimum atomic E-state index is -0.357. The van der Waals surface area contributed by atoms with Crippen LogP contribution < -0.4 is 11.2 Å². The normalized spacial score (nSPS) is 12.5. The molecule has 0 radical (unpaired) electrons. The molecule has 1 aliphatic heterocycles. The third-order valence-corrected chi connectivity index (χ3v) is 25.3. The lowest BCUT2D eigenvalue weighted by Gasteiger charge is -2.32. The second-order valence-corrected chi connectivity index (χ2v) is 35.6. The molecule has 17 nitrogen and oxygen atoms in total. The van der Waals surface area contributed by atoms with Crippen molar-refractivity contribution in [3.63, 3.8) is 0 Å². The van der Waals surface area contributed by atoms with Crippen LogP contribution in [0.2, 0.25) is 0 Å². The summed E-state index contributed by atoms with van der Waals surface area (Å²) >= 11 is 6.74. The number of hydrogen-bond donors (Lipinski definition) is 1. The van der Waals surface area contributed by atoms with Crippen LogP contribution in [0.4, 0.5) is 5.69 Å². The molecular formula is C115H82BBr2N13O4. The molecule has 2 N–H and O–H groups in total. The second kappa shape index (κ2) is 37.6. The average molecular weight is 1880 g/mol. The van der Waals surface area contributed by atoms with Crippen LogP contribution in [0.3, 0.4) is 0 Å². The number of hydrogen-bond acceptors (Lipinski definition) is 17. The monoisotopic (exact) mass is 1880 g/mol. The first kappa shape index (κ1) is 86.9. The van der Waals surface area contributed by atoms with Crippen molar-refractivity contribution in [2.75, 3.05) is 5.73 Å². The van der Waals surface area contributed by atoms with Gasteiger partial charge in [-0.25, -0.2) is 49.8 Å². The molecular weight excluding hydrogens is 1800 g/mol. The van der Waals surface area contributed by atoms with Crippen molar-refractivity contribution in [2.24, 2.45) is 0 Å². The number of ketones is 1. The molecule has 12 aromatic heterocycles. The number of carbonyl (C=O) groups excluding carboxylic acids is 2. The van der Waals surface area contributed by atoms with Crippen molar-refractivity contribution in [1.29, 1.82) is 0 Å². The van der Waals surface area contributed by atoms with E-state index in [2.05, 4.69) is 238 Å². The molecule has 11 aromatic carbocycles. The summed E-state index contributed by atoms with van der Waals surface area (Å²) in [5.74, 6) is -0.0388. The number of rotatable bonds is 11. The van der Waals surface area contributed by atoms with Crippen LogP contribution in [0.5, 0.6) is 0 Å². The number of aromatic nitrogens is 12. The fourth-order valence-electron chi connectivity index (χ4n) is 16.3. The minimum absolute atomic E-state index is 0.0388. The van der Waals surface area contributed by atoms with Crippen LogP contribution in [0, 0.1) is 0 Å². The Morgan fingerprint density at radius 2 is 0.593 bits per heavy atom. The van der Waals surface area contributed by atoms with Gasteiger partial charge in [-0.3, -0.25) is 19.6 Å². The average Bonchev–Trinajstić information content (AvgIpc) is 1.55. The van der Waals surface area contributed by atoms with Crippen molar-refractivity contribution in [3.05, 3.63) is 409 Å². The van der Waals surface area contributed by atoms with E-state index in [0.717, 1.165) is 220 Å². The third-order valence-electron chi connectivity index (χ3n) is 24.3. The molecule has 0 saturated carbocycles. The van der Waals surface area contributed by atoms with Gasteiger partial charge in [0.1, 0.15) is 5.69 Å². The lowest BCUT2D eigenvalue weighted by atomic mass is 9.78. The van der Waals surface area contributed by atoms with Crippen LogP contribution in [0.1, 0.15) is 55.5 Å². The van der Waals surface area contributed by atoms with E-state index < -0.39 is 0 Å². The highest BCUT2D eigenvalue weighted by Gasteiger charge is 2.51. The van der Waals surface area contributed by atoms with Gasteiger partial charge < -0.3 is 15.0 Å². The summed E-state index contributed by atoms with van der Waals surface area (Å²) in [7, 11) is -0.357. The van der Waals surface area contributed by atoms with Gasteiger partial charge in [-0.1, -0.05) is 256 Å². The van der Waals surface area contributed by atoms with Crippen molar-refractivity contribution >= 4 is 171 Å². The van der Waals surface area contributed by atoms with E-state index in [0.29, 0.717) is 16.9 Å². The molecule has 648 valence electrons. The van der Waals surface area contributed by atoms with Crippen molar-refractivity contribution in [2.45, 2.75) is 45.8 Å². The Labute approximate surface area is 794 Å². The van der Waals surface area contributed by atoms with E-state index in [1.807, 2.05) is 188 Å². The fourth-order valence-corrected chi connectivity index (χ4v) is 17.1. The first-order valence-electron chi connectivity index (χ1n) is 44.1. The van der Waals surface area contributed by atoms with Gasteiger partial charge in [0.15, 0.2) is 12.1 Å². The Kier molecular flexibility index (Phi) is 24.2. The molecule has 0 amide bonds. The Hall–Kier alpha value is -16.1. The number of Topliss-reactive ketones (excluding diaryl/α,β-unsaturated/α-hetero) is 1. The van der Waals surface area contributed by atoms with Gasteiger partial charge >= 0.3 is 7.12 Å². The van der Waals surface area contributed by atoms with E-state index in [4.69, 9.17) is 59.9 Å². The Morgan fingerprint density at radius 1 is 0.289 bits per heavy atom. The highest BCUT2D eigenvalue weighted by atomic mass is 79.9. The summed E-state index contributed by atoms with van der Waals surface area (Å²) in [6.45, 7) is 9.79. The summed E-state index contributed by atoms with van der Waals surface area (Å²) in [6.07, 6.45) is 4.31. The van der Waals surface area contributed by atoms with Gasteiger partial charge in [-0.2, -0.15) is 0 Å². The van der Waals surface area contributed by atoms with Crippen LogP contribution in [0.15, 0.2) is 397 Å². The maximum Gasteiger partial charge on any atom is 0.494 e. The van der Waals surface area contributed by atoms with E-state index in [-0.39, 0.29) is 24.1 Å². The summed E-state index contributed by atoms with van der Waals surface area (Å²) in [4.78, 5) is 79.6. The van der Waals surface area contributed by atoms with Crippen molar-refractivity contribution < 1.29 is 18.9 Å². The summed E-state index contributed by atoms with van der Waals surface area (Å²) < 4.78 is 14.2. The zero-order valence-corrected chi connectivity index (χ0v) is 77.1. The number of halogens is 2. The molecule has 0 atom stereocenters. The number of nitrogen functional groups attached to an aromatic ring is 1. The van der Waals surface area contributed by atoms with Gasteiger partial charge in [0, 0.05) is 105 Å².